The fourth-order valence-corrected chi connectivity index (χ4v) is 2.09. The third kappa shape index (κ3) is 4.33. The highest BCUT2D eigenvalue weighted by Gasteiger charge is 2.18. The van der Waals surface area contributed by atoms with Gasteiger partial charge in [-0.05, 0) is 31.9 Å². The van der Waals surface area contributed by atoms with Crippen molar-refractivity contribution in [3.8, 4) is 0 Å². The zero-order valence-corrected chi connectivity index (χ0v) is 12.2. The molecule has 0 atom stereocenters. The molecule has 4 heteroatoms. The van der Waals surface area contributed by atoms with E-state index >= 15 is 0 Å². The van der Waals surface area contributed by atoms with Gasteiger partial charge in [-0.3, -0.25) is 4.79 Å². The molecule has 1 amide bonds. The first-order chi connectivity index (χ1) is 9.11. The van der Waals surface area contributed by atoms with Crippen molar-refractivity contribution in [1.29, 1.82) is 0 Å². The predicted molar refractivity (Wildman–Crippen MR) is 76.6 cm³/mol. The Labute approximate surface area is 115 Å². The summed E-state index contributed by atoms with van der Waals surface area (Å²) in [6.45, 7) is 7.77. The number of benzene rings is 1. The van der Waals surface area contributed by atoms with Crippen molar-refractivity contribution in [3.05, 3.63) is 29.3 Å². The molecule has 0 radical (unpaired) electrons. The first-order valence-corrected chi connectivity index (χ1v) is 6.55. The van der Waals surface area contributed by atoms with Gasteiger partial charge in [0.2, 0.25) is 0 Å². The second-order valence-corrected chi connectivity index (χ2v) is 4.42. The molecule has 0 spiro atoms. The highest BCUT2D eigenvalue weighted by molar-refractivity contribution is 5.95. The van der Waals surface area contributed by atoms with Crippen molar-refractivity contribution >= 4 is 11.6 Å². The minimum atomic E-state index is -0.0420. The molecule has 106 valence electrons. The highest BCUT2D eigenvalue weighted by Crippen LogP contribution is 2.24. The van der Waals surface area contributed by atoms with E-state index in [1.54, 1.807) is 4.90 Å². The molecular weight excluding hydrogens is 242 g/mol. The van der Waals surface area contributed by atoms with Crippen molar-refractivity contribution in [3.63, 3.8) is 0 Å². The third-order valence-electron chi connectivity index (χ3n) is 2.94. The summed E-state index contributed by atoms with van der Waals surface area (Å²) >= 11 is 0. The molecule has 0 aliphatic carbocycles. The van der Waals surface area contributed by atoms with Crippen LogP contribution in [-0.4, -0.2) is 39.4 Å². The summed E-state index contributed by atoms with van der Waals surface area (Å²) in [7, 11) is 1.53. The van der Waals surface area contributed by atoms with E-state index < -0.39 is 0 Å². The standard InChI is InChI=1S/C15H23NO3/c1-5-19-10-9-16(14(17)11-18-4)15-12(2)7-6-8-13(15)3/h6-8H,5,9-11H2,1-4H3. The number of hydrogen-bond donors (Lipinski definition) is 0. The van der Waals surface area contributed by atoms with Gasteiger partial charge in [0, 0.05) is 25.9 Å². The number of anilines is 1. The third-order valence-corrected chi connectivity index (χ3v) is 2.94. The quantitative estimate of drug-likeness (QED) is 0.710. The van der Waals surface area contributed by atoms with E-state index in [0.29, 0.717) is 19.8 Å². The Kier molecular flexibility index (Phi) is 6.53. The van der Waals surface area contributed by atoms with Crippen LogP contribution in [0.3, 0.4) is 0 Å². The number of carbonyl (C=O) groups excluding carboxylic acids is 1. The number of nitrogens with zero attached hydrogens (tertiary/aromatic N) is 1. The molecule has 1 aromatic carbocycles. The minimum absolute atomic E-state index is 0.0420. The summed E-state index contributed by atoms with van der Waals surface area (Å²) in [6.07, 6.45) is 0. The van der Waals surface area contributed by atoms with Crippen molar-refractivity contribution in [2.75, 3.05) is 38.4 Å². The van der Waals surface area contributed by atoms with Crippen LogP contribution in [0.5, 0.6) is 0 Å². The number of aryl methyl sites for hydroxylation is 2. The summed E-state index contributed by atoms with van der Waals surface area (Å²) in [4.78, 5) is 13.9. The van der Waals surface area contributed by atoms with E-state index in [1.165, 1.54) is 7.11 Å². The zero-order chi connectivity index (χ0) is 14.3. The normalized spacial score (nSPS) is 10.5. The maximum Gasteiger partial charge on any atom is 0.253 e. The highest BCUT2D eigenvalue weighted by atomic mass is 16.5. The van der Waals surface area contributed by atoms with Crippen LogP contribution < -0.4 is 4.90 Å². The molecule has 0 saturated heterocycles. The molecule has 0 aliphatic heterocycles. The van der Waals surface area contributed by atoms with Gasteiger partial charge in [0.25, 0.3) is 5.91 Å². The average Bonchev–Trinajstić information content (AvgIpc) is 2.37. The van der Waals surface area contributed by atoms with E-state index in [2.05, 4.69) is 0 Å². The fraction of sp³-hybridized carbons (Fsp3) is 0.533. The summed E-state index contributed by atoms with van der Waals surface area (Å²) in [5.74, 6) is -0.0420. The summed E-state index contributed by atoms with van der Waals surface area (Å²) < 4.78 is 10.3. The van der Waals surface area contributed by atoms with Crippen molar-refractivity contribution in [2.24, 2.45) is 0 Å². The maximum atomic E-state index is 12.2. The van der Waals surface area contributed by atoms with E-state index in [1.807, 2.05) is 39.0 Å². The van der Waals surface area contributed by atoms with Crippen LogP contribution in [0.1, 0.15) is 18.1 Å². The van der Waals surface area contributed by atoms with Gasteiger partial charge in [-0.15, -0.1) is 0 Å². The molecule has 0 fully saturated rings. The van der Waals surface area contributed by atoms with Gasteiger partial charge >= 0.3 is 0 Å². The van der Waals surface area contributed by atoms with E-state index in [-0.39, 0.29) is 12.5 Å². The molecule has 0 N–H and O–H groups in total. The van der Waals surface area contributed by atoms with Crippen LogP contribution in [0.4, 0.5) is 5.69 Å². The zero-order valence-electron chi connectivity index (χ0n) is 12.2. The second-order valence-electron chi connectivity index (χ2n) is 4.42. The van der Waals surface area contributed by atoms with Crippen LogP contribution in [-0.2, 0) is 14.3 Å². The first kappa shape index (κ1) is 15.7. The monoisotopic (exact) mass is 265 g/mol. The van der Waals surface area contributed by atoms with Gasteiger partial charge in [-0.1, -0.05) is 18.2 Å². The second kappa shape index (κ2) is 7.92. The Morgan fingerprint density at radius 1 is 1.26 bits per heavy atom. The topological polar surface area (TPSA) is 38.8 Å². The smallest absolute Gasteiger partial charge is 0.253 e. The molecular formula is C15H23NO3. The molecule has 0 saturated carbocycles. The molecule has 1 aromatic rings. The lowest BCUT2D eigenvalue weighted by molar-refractivity contribution is -0.122. The average molecular weight is 265 g/mol. The summed E-state index contributed by atoms with van der Waals surface area (Å²) in [6, 6.07) is 6.02. The van der Waals surface area contributed by atoms with Gasteiger partial charge in [-0.2, -0.15) is 0 Å². The number of hydrogen-bond acceptors (Lipinski definition) is 3. The van der Waals surface area contributed by atoms with Crippen molar-refractivity contribution in [1.82, 2.24) is 0 Å². The SMILES string of the molecule is CCOCCN(C(=O)COC)c1c(C)cccc1C. The lowest BCUT2D eigenvalue weighted by Gasteiger charge is -2.26. The van der Waals surface area contributed by atoms with Gasteiger partial charge in [0.1, 0.15) is 6.61 Å². The van der Waals surface area contributed by atoms with Gasteiger partial charge in [0.15, 0.2) is 0 Å². The Balaban J connectivity index is 2.97. The van der Waals surface area contributed by atoms with Gasteiger partial charge in [0.05, 0.1) is 6.61 Å². The molecule has 0 aromatic heterocycles. The Morgan fingerprint density at radius 2 is 1.89 bits per heavy atom. The minimum Gasteiger partial charge on any atom is -0.380 e. The van der Waals surface area contributed by atoms with E-state index in [4.69, 9.17) is 9.47 Å². The molecule has 0 heterocycles. The van der Waals surface area contributed by atoms with Crippen molar-refractivity contribution in [2.45, 2.75) is 20.8 Å². The lowest BCUT2D eigenvalue weighted by Crippen LogP contribution is -2.37. The van der Waals surface area contributed by atoms with Gasteiger partial charge < -0.3 is 14.4 Å². The number of amides is 1. The lowest BCUT2D eigenvalue weighted by atomic mass is 10.1. The summed E-state index contributed by atoms with van der Waals surface area (Å²) in [5.41, 5.74) is 3.13. The van der Waals surface area contributed by atoms with Crippen LogP contribution in [0.25, 0.3) is 0 Å². The van der Waals surface area contributed by atoms with E-state index in [9.17, 15) is 4.79 Å². The van der Waals surface area contributed by atoms with Crippen LogP contribution in [0.2, 0.25) is 0 Å². The van der Waals surface area contributed by atoms with Crippen LogP contribution >= 0.6 is 0 Å². The number of rotatable bonds is 7. The number of para-hydroxylation sites is 1. The first-order valence-electron chi connectivity index (χ1n) is 6.55. The molecule has 0 bridgehead atoms. The molecule has 1 rings (SSSR count). The molecule has 19 heavy (non-hydrogen) atoms. The molecule has 4 nitrogen and oxygen atoms in total. The summed E-state index contributed by atoms with van der Waals surface area (Å²) in [5, 5.41) is 0. The number of ether oxygens (including phenoxy) is 2. The van der Waals surface area contributed by atoms with Crippen LogP contribution in [0.15, 0.2) is 18.2 Å². The number of carbonyl (C=O) groups is 1. The van der Waals surface area contributed by atoms with E-state index in [0.717, 1.165) is 16.8 Å². The number of methoxy groups -OCH3 is 1. The van der Waals surface area contributed by atoms with Gasteiger partial charge in [-0.25, -0.2) is 0 Å². The fourth-order valence-electron chi connectivity index (χ4n) is 2.09. The Hall–Kier alpha value is -1.39. The molecule has 0 unspecified atom stereocenters. The van der Waals surface area contributed by atoms with Crippen molar-refractivity contribution < 1.29 is 14.3 Å². The molecule has 0 aliphatic rings. The Morgan fingerprint density at radius 3 is 2.42 bits per heavy atom. The van der Waals surface area contributed by atoms with Crippen LogP contribution in [0, 0.1) is 13.8 Å². The largest absolute Gasteiger partial charge is 0.380 e. The maximum absolute atomic E-state index is 12.2. The predicted octanol–water partition coefficient (Wildman–Crippen LogP) is 2.32. The Bertz CT molecular complexity index is 398.